The monoisotopic (exact) mass is 619 g/mol. The Labute approximate surface area is 252 Å². The van der Waals surface area contributed by atoms with Crippen LogP contribution < -0.4 is 14.4 Å². The molecule has 0 spiro atoms. The molecule has 0 heterocycles. The fourth-order valence-corrected chi connectivity index (χ4v) is 5.56. The van der Waals surface area contributed by atoms with Crippen LogP contribution in [0.1, 0.15) is 25.0 Å². The standard InChI is InChI=1S/C30H35Cl2N3O5S/c1-21(2)18-33-30(37)27(16-22-10-6-5-7-11-22)34(19-23-14-15-24(31)17-25(23)32)29(36)20-35(41(4,38)39)26-12-8-9-13-28(26)40-3/h5-15,17,21,27H,16,18-20H2,1-4H3,(H,33,37)/t27-/m1/s1. The molecule has 0 saturated heterocycles. The average Bonchev–Trinajstić information content (AvgIpc) is 2.93. The first-order valence-electron chi connectivity index (χ1n) is 13.1. The van der Waals surface area contributed by atoms with Gasteiger partial charge in [-0.15, -0.1) is 0 Å². The molecule has 3 rings (SSSR count). The van der Waals surface area contributed by atoms with E-state index in [0.29, 0.717) is 22.2 Å². The quantitative estimate of drug-likeness (QED) is 0.284. The van der Waals surface area contributed by atoms with Crippen LogP contribution in [-0.4, -0.2) is 57.6 Å². The molecular formula is C30H35Cl2N3O5S. The Balaban J connectivity index is 2.10. The van der Waals surface area contributed by atoms with E-state index in [-0.39, 0.29) is 36.2 Å². The van der Waals surface area contributed by atoms with Crippen LogP contribution in [-0.2, 0) is 32.6 Å². The number of amides is 2. The second-order valence-electron chi connectivity index (χ2n) is 10.0. The second kappa shape index (κ2) is 14.6. The zero-order valence-corrected chi connectivity index (χ0v) is 25.8. The van der Waals surface area contributed by atoms with E-state index in [9.17, 15) is 18.0 Å². The van der Waals surface area contributed by atoms with Crippen LogP contribution in [0.5, 0.6) is 5.75 Å². The summed E-state index contributed by atoms with van der Waals surface area (Å²) in [5.41, 5.74) is 1.60. The maximum absolute atomic E-state index is 14.2. The molecule has 3 aromatic rings. The molecule has 0 aliphatic carbocycles. The Bertz CT molecular complexity index is 1450. The SMILES string of the molecule is COc1ccccc1N(CC(=O)N(Cc1ccc(Cl)cc1Cl)[C@H](Cc1ccccc1)C(=O)NCC(C)C)S(C)(=O)=O. The van der Waals surface area contributed by atoms with Gasteiger partial charge in [0.05, 0.1) is 19.1 Å². The summed E-state index contributed by atoms with van der Waals surface area (Å²) in [6.45, 7) is 3.74. The van der Waals surface area contributed by atoms with Crippen molar-refractivity contribution in [1.82, 2.24) is 10.2 Å². The van der Waals surface area contributed by atoms with Gasteiger partial charge >= 0.3 is 0 Å². The summed E-state index contributed by atoms with van der Waals surface area (Å²) in [5.74, 6) is -0.483. The van der Waals surface area contributed by atoms with E-state index in [1.807, 2.05) is 44.2 Å². The smallest absolute Gasteiger partial charge is 0.244 e. The highest BCUT2D eigenvalue weighted by Gasteiger charge is 2.34. The Morgan fingerprint density at radius 1 is 0.976 bits per heavy atom. The van der Waals surface area contributed by atoms with E-state index in [0.717, 1.165) is 16.1 Å². The number of hydrogen-bond donors (Lipinski definition) is 1. The molecule has 0 aliphatic rings. The summed E-state index contributed by atoms with van der Waals surface area (Å²) in [6, 6.07) is 19.8. The number of ether oxygens (including phenoxy) is 1. The molecular weight excluding hydrogens is 585 g/mol. The molecule has 11 heteroatoms. The average molecular weight is 621 g/mol. The number of carbonyl (C=O) groups excluding carboxylic acids is 2. The molecule has 41 heavy (non-hydrogen) atoms. The molecule has 0 bridgehead atoms. The van der Waals surface area contributed by atoms with Crippen LogP contribution in [0.3, 0.4) is 0 Å². The van der Waals surface area contributed by atoms with Crippen molar-refractivity contribution in [2.24, 2.45) is 5.92 Å². The lowest BCUT2D eigenvalue weighted by molar-refractivity contribution is -0.140. The molecule has 3 aromatic carbocycles. The molecule has 0 saturated carbocycles. The van der Waals surface area contributed by atoms with Crippen molar-refractivity contribution in [2.75, 3.05) is 30.8 Å². The van der Waals surface area contributed by atoms with E-state index in [2.05, 4.69) is 5.32 Å². The number of benzene rings is 3. The minimum atomic E-state index is -3.93. The minimum Gasteiger partial charge on any atom is -0.495 e. The summed E-state index contributed by atoms with van der Waals surface area (Å²) in [7, 11) is -2.51. The maximum Gasteiger partial charge on any atom is 0.244 e. The molecule has 0 aliphatic heterocycles. The Morgan fingerprint density at radius 3 is 2.24 bits per heavy atom. The fraction of sp³-hybridized carbons (Fsp3) is 0.333. The zero-order chi connectivity index (χ0) is 30.2. The zero-order valence-electron chi connectivity index (χ0n) is 23.5. The normalized spacial score (nSPS) is 12.1. The first kappa shape index (κ1) is 32.2. The van der Waals surface area contributed by atoms with Gasteiger partial charge in [0, 0.05) is 29.6 Å². The predicted molar refractivity (Wildman–Crippen MR) is 164 cm³/mol. The van der Waals surface area contributed by atoms with Crippen molar-refractivity contribution < 1.29 is 22.7 Å². The van der Waals surface area contributed by atoms with Crippen molar-refractivity contribution in [3.63, 3.8) is 0 Å². The molecule has 8 nitrogen and oxygen atoms in total. The van der Waals surface area contributed by atoms with Crippen molar-refractivity contribution in [1.29, 1.82) is 0 Å². The summed E-state index contributed by atoms with van der Waals surface area (Å²) in [4.78, 5) is 29.2. The van der Waals surface area contributed by atoms with Crippen LogP contribution in [0, 0.1) is 5.92 Å². The Hall–Kier alpha value is -3.27. The van der Waals surface area contributed by atoms with Gasteiger partial charge in [-0.05, 0) is 41.3 Å². The lowest BCUT2D eigenvalue weighted by Gasteiger charge is -2.34. The highest BCUT2D eigenvalue weighted by Crippen LogP contribution is 2.30. The molecule has 0 unspecified atom stereocenters. The topological polar surface area (TPSA) is 96.0 Å². The number of sulfonamides is 1. The van der Waals surface area contributed by atoms with Crippen molar-refractivity contribution >= 4 is 50.7 Å². The van der Waals surface area contributed by atoms with Gasteiger partial charge in [0.2, 0.25) is 21.8 Å². The van der Waals surface area contributed by atoms with Crippen molar-refractivity contribution in [3.8, 4) is 5.75 Å². The number of anilines is 1. The lowest BCUT2D eigenvalue weighted by atomic mass is 10.0. The van der Waals surface area contributed by atoms with Gasteiger partial charge in [0.1, 0.15) is 18.3 Å². The largest absolute Gasteiger partial charge is 0.495 e. The van der Waals surface area contributed by atoms with Gasteiger partial charge in [0.25, 0.3) is 0 Å². The minimum absolute atomic E-state index is 0.0506. The summed E-state index contributed by atoms with van der Waals surface area (Å²) in [6.07, 6.45) is 1.22. The third-order valence-corrected chi connectivity index (χ3v) is 8.06. The van der Waals surface area contributed by atoms with Crippen LogP contribution in [0.4, 0.5) is 5.69 Å². The van der Waals surface area contributed by atoms with Gasteiger partial charge in [-0.25, -0.2) is 8.42 Å². The van der Waals surface area contributed by atoms with E-state index in [4.69, 9.17) is 27.9 Å². The van der Waals surface area contributed by atoms with Gasteiger partial charge < -0.3 is 15.0 Å². The number of rotatable bonds is 13. The van der Waals surface area contributed by atoms with Crippen LogP contribution >= 0.6 is 23.2 Å². The number of methoxy groups -OCH3 is 1. The summed E-state index contributed by atoms with van der Waals surface area (Å²) < 4.78 is 32.3. The second-order valence-corrected chi connectivity index (χ2v) is 12.8. The molecule has 220 valence electrons. The summed E-state index contributed by atoms with van der Waals surface area (Å²) in [5, 5.41) is 3.69. The molecule has 0 fully saturated rings. The number of para-hydroxylation sites is 2. The molecule has 0 radical (unpaired) electrons. The van der Waals surface area contributed by atoms with Crippen LogP contribution in [0.2, 0.25) is 10.0 Å². The molecule has 1 atom stereocenters. The van der Waals surface area contributed by atoms with Gasteiger partial charge in [0.15, 0.2) is 0 Å². The van der Waals surface area contributed by atoms with E-state index in [1.165, 1.54) is 12.0 Å². The van der Waals surface area contributed by atoms with Crippen molar-refractivity contribution in [2.45, 2.75) is 32.9 Å². The van der Waals surface area contributed by atoms with Crippen LogP contribution in [0.15, 0.2) is 72.8 Å². The third-order valence-electron chi connectivity index (χ3n) is 6.34. The Kier molecular flexibility index (Phi) is 11.5. The van der Waals surface area contributed by atoms with Gasteiger partial charge in [-0.2, -0.15) is 0 Å². The fourth-order valence-electron chi connectivity index (χ4n) is 4.24. The van der Waals surface area contributed by atoms with Gasteiger partial charge in [-0.1, -0.05) is 85.6 Å². The lowest BCUT2D eigenvalue weighted by Crippen LogP contribution is -2.53. The van der Waals surface area contributed by atoms with Crippen LogP contribution in [0.25, 0.3) is 0 Å². The molecule has 2 amide bonds. The number of carbonyl (C=O) groups is 2. The highest BCUT2D eigenvalue weighted by atomic mass is 35.5. The van der Waals surface area contributed by atoms with E-state index < -0.39 is 28.5 Å². The van der Waals surface area contributed by atoms with E-state index in [1.54, 1.807) is 42.5 Å². The van der Waals surface area contributed by atoms with Crippen molar-refractivity contribution in [3.05, 3.63) is 94.0 Å². The predicted octanol–water partition coefficient (Wildman–Crippen LogP) is 5.18. The first-order chi connectivity index (χ1) is 19.4. The highest BCUT2D eigenvalue weighted by molar-refractivity contribution is 7.92. The first-order valence-corrected chi connectivity index (χ1v) is 15.7. The number of hydrogen-bond acceptors (Lipinski definition) is 5. The number of halogens is 2. The number of nitrogens with one attached hydrogen (secondary N) is 1. The van der Waals surface area contributed by atoms with E-state index >= 15 is 0 Å². The number of nitrogens with zero attached hydrogens (tertiary/aromatic N) is 2. The maximum atomic E-state index is 14.2. The van der Waals surface area contributed by atoms with Gasteiger partial charge in [-0.3, -0.25) is 13.9 Å². The molecule has 1 N–H and O–H groups in total. The Morgan fingerprint density at radius 2 is 1.63 bits per heavy atom. The third kappa shape index (κ3) is 9.11. The summed E-state index contributed by atoms with van der Waals surface area (Å²) >= 11 is 12.6. The molecule has 0 aromatic heterocycles.